The molecule has 2 amide bonds. The van der Waals surface area contributed by atoms with Crippen molar-refractivity contribution in [3.05, 3.63) is 237 Å². The fourth-order valence-electron chi connectivity index (χ4n) is 13.2. The van der Waals surface area contributed by atoms with Crippen LogP contribution in [0.3, 0.4) is 0 Å². The molecule has 4 fully saturated rings. The van der Waals surface area contributed by atoms with Crippen LogP contribution in [0.2, 0.25) is 0 Å². The van der Waals surface area contributed by atoms with Crippen LogP contribution in [0.1, 0.15) is 92.9 Å². The number of hydrogen-bond acceptors (Lipinski definition) is 12. The average molecular weight is 1400 g/mol. The van der Waals surface area contributed by atoms with Crippen LogP contribution in [0.25, 0.3) is 0 Å². The quantitative estimate of drug-likeness (QED) is 0.0862. The molecule has 2 unspecified atom stereocenters. The average Bonchev–Trinajstić information content (AvgIpc) is 1.76. The number of amides is 2. The molecular weight excluding hydrogens is 1310 g/mol. The van der Waals surface area contributed by atoms with Gasteiger partial charge in [0.25, 0.3) is 11.8 Å². The highest BCUT2D eigenvalue weighted by molar-refractivity contribution is 7.14. The first kappa shape index (κ1) is 75.8. The first-order valence-corrected chi connectivity index (χ1v) is 32.1. The number of benzene rings is 6. The van der Waals surface area contributed by atoms with Gasteiger partial charge in [0.1, 0.15) is 11.2 Å². The SMILES string of the molecule is CN(C)c1nc(C2(c3ccccc3)CCN(CCC3(c4ccc(F)c(F)c4)CN(C(=O)c4ccccc4)CCO3)CC2)cs1.CN(C)c1nc(C2(c3ccccc3)CCN(CCC3(c4ccc(F)c(F)c4)CN(C(=O)c4ccccc4)CCO3)CC2)cs1.Cl.Cl.Cl.Cl.O. The number of anilines is 2. The van der Waals surface area contributed by atoms with Crippen molar-refractivity contribution in [1.29, 1.82) is 0 Å². The molecule has 0 radical (unpaired) electrons. The van der Waals surface area contributed by atoms with Crippen LogP contribution in [-0.4, -0.2) is 154 Å². The number of nitrogens with zero attached hydrogens (tertiary/aromatic N) is 8. The zero-order valence-electron chi connectivity index (χ0n) is 52.6. The number of morpholine rings is 2. The molecule has 500 valence electrons. The fourth-order valence-corrected chi connectivity index (χ4v) is 14.9. The molecule has 2 N–H and O–H groups in total. The summed E-state index contributed by atoms with van der Waals surface area (Å²) >= 11 is 3.34. The number of ether oxygens (including phenoxy) is 2. The molecule has 6 heterocycles. The zero-order chi connectivity index (χ0) is 61.5. The molecular formula is C70H82Cl4F4N8O5S2. The van der Waals surface area contributed by atoms with Gasteiger partial charge < -0.3 is 44.3 Å². The predicted molar refractivity (Wildman–Crippen MR) is 373 cm³/mol. The Kier molecular flexibility index (Phi) is 27.3. The molecule has 0 bridgehead atoms. The largest absolute Gasteiger partial charge is 0.412 e. The molecule has 4 saturated heterocycles. The third kappa shape index (κ3) is 16.7. The second-order valence-corrected chi connectivity index (χ2v) is 25.7. The van der Waals surface area contributed by atoms with E-state index in [4.69, 9.17) is 19.4 Å². The van der Waals surface area contributed by atoms with Gasteiger partial charge in [-0.3, -0.25) is 9.59 Å². The summed E-state index contributed by atoms with van der Waals surface area (Å²) in [6.07, 6.45) is 4.71. The third-order valence-corrected chi connectivity index (χ3v) is 20.4. The summed E-state index contributed by atoms with van der Waals surface area (Å²) in [5.41, 5.74) is 4.80. The fraction of sp³-hybridized carbons (Fsp3) is 0.371. The Labute approximate surface area is 576 Å². The van der Waals surface area contributed by atoms with Crippen molar-refractivity contribution in [2.45, 2.75) is 60.6 Å². The summed E-state index contributed by atoms with van der Waals surface area (Å²) in [6.45, 7) is 6.81. The molecule has 4 aliphatic rings. The van der Waals surface area contributed by atoms with Gasteiger partial charge >= 0.3 is 0 Å². The second-order valence-electron chi connectivity index (χ2n) is 24.0. The number of rotatable bonds is 16. The maximum absolute atomic E-state index is 14.5. The molecule has 93 heavy (non-hydrogen) atoms. The molecule has 2 atom stereocenters. The number of aromatic nitrogens is 2. The summed E-state index contributed by atoms with van der Waals surface area (Å²) in [4.78, 5) is 49.5. The van der Waals surface area contributed by atoms with E-state index in [0.717, 1.165) is 85.6 Å². The van der Waals surface area contributed by atoms with E-state index < -0.39 is 34.5 Å². The highest BCUT2D eigenvalue weighted by atomic mass is 35.5. The molecule has 2 aromatic heterocycles. The van der Waals surface area contributed by atoms with Crippen LogP contribution in [0.15, 0.2) is 168 Å². The summed E-state index contributed by atoms with van der Waals surface area (Å²) in [6, 6.07) is 47.6. The van der Waals surface area contributed by atoms with Gasteiger partial charge in [0.05, 0.1) is 37.7 Å². The molecule has 6 aromatic carbocycles. The van der Waals surface area contributed by atoms with Gasteiger partial charge in [-0.05, 0) is 135 Å². The third-order valence-electron chi connectivity index (χ3n) is 18.3. The van der Waals surface area contributed by atoms with E-state index in [1.165, 1.54) is 23.3 Å². The minimum Gasteiger partial charge on any atom is -0.412 e. The van der Waals surface area contributed by atoms with Gasteiger partial charge in [-0.25, -0.2) is 27.5 Å². The monoisotopic (exact) mass is 1390 g/mol. The standard InChI is InChI=1S/2C35H38F2N4O2S.4ClH.H2O/c2*1-39(2)33-38-31(24-44-33)34(27-11-7-4-8-12-27)15-18-40(19-16-34)20-17-35(28-13-14-29(36)30(37)23-28)25-41(21-22-43-35)32(42)26-9-5-3-6-10-26;;;;;/h2*3-14,23-24H,15-22,25H2,1-2H3;4*1H;1H2. The molecule has 23 heteroatoms. The lowest BCUT2D eigenvalue weighted by Gasteiger charge is -2.46. The highest BCUT2D eigenvalue weighted by Crippen LogP contribution is 2.46. The Hall–Kier alpha value is -6.20. The van der Waals surface area contributed by atoms with Gasteiger partial charge in [-0.15, -0.1) is 72.3 Å². The molecule has 12 rings (SSSR count). The highest BCUT2D eigenvalue weighted by Gasteiger charge is 2.46. The lowest BCUT2D eigenvalue weighted by Crippen LogP contribution is -2.53. The minimum absolute atomic E-state index is 0. The Morgan fingerprint density at radius 2 is 0.796 bits per heavy atom. The van der Waals surface area contributed by atoms with E-state index in [1.54, 1.807) is 68.9 Å². The van der Waals surface area contributed by atoms with E-state index in [-0.39, 0.29) is 90.8 Å². The van der Waals surface area contributed by atoms with Crippen LogP contribution >= 0.6 is 72.3 Å². The van der Waals surface area contributed by atoms with E-state index in [0.29, 0.717) is 74.5 Å². The van der Waals surface area contributed by atoms with Gasteiger partial charge in [0.2, 0.25) is 0 Å². The number of likely N-dealkylation sites (tertiary alicyclic amines) is 2. The van der Waals surface area contributed by atoms with Crippen LogP contribution in [0, 0.1) is 23.3 Å². The summed E-state index contributed by atoms with van der Waals surface area (Å²) in [5.74, 6) is -3.81. The maximum Gasteiger partial charge on any atom is 0.254 e. The smallest absolute Gasteiger partial charge is 0.254 e. The Balaban J connectivity index is 0.000000280. The summed E-state index contributed by atoms with van der Waals surface area (Å²) in [5, 5.41) is 6.39. The van der Waals surface area contributed by atoms with E-state index in [2.05, 4.69) is 78.9 Å². The van der Waals surface area contributed by atoms with Crippen molar-refractivity contribution in [2.24, 2.45) is 0 Å². The van der Waals surface area contributed by atoms with Gasteiger partial charge in [-0.1, -0.05) is 109 Å². The second kappa shape index (κ2) is 33.5. The number of piperidine rings is 2. The summed E-state index contributed by atoms with van der Waals surface area (Å²) < 4.78 is 70.0. The number of thiazole rings is 2. The van der Waals surface area contributed by atoms with Crippen molar-refractivity contribution in [1.82, 2.24) is 29.6 Å². The van der Waals surface area contributed by atoms with Crippen LogP contribution in [0.4, 0.5) is 27.8 Å². The number of carbonyl (C=O) groups is 2. The van der Waals surface area contributed by atoms with E-state index >= 15 is 0 Å². The lowest BCUT2D eigenvalue weighted by atomic mass is 9.70. The van der Waals surface area contributed by atoms with Crippen molar-refractivity contribution >= 4 is 94.4 Å². The van der Waals surface area contributed by atoms with Crippen molar-refractivity contribution in [3.63, 3.8) is 0 Å². The zero-order valence-corrected chi connectivity index (χ0v) is 57.5. The van der Waals surface area contributed by atoms with E-state index in [1.807, 2.05) is 76.7 Å². The number of halogens is 8. The maximum atomic E-state index is 14.5. The van der Waals surface area contributed by atoms with Gasteiger partial charge in [0.15, 0.2) is 33.5 Å². The molecule has 4 aliphatic heterocycles. The van der Waals surface area contributed by atoms with E-state index in [9.17, 15) is 27.2 Å². The van der Waals surface area contributed by atoms with Crippen molar-refractivity contribution in [3.8, 4) is 0 Å². The molecule has 8 aromatic rings. The van der Waals surface area contributed by atoms with Crippen LogP contribution < -0.4 is 9.80 Å². The Morgan fingerprint density at radius 1 is 0.462 bits per heavy atom. The predicted octanol–water partition coefficient (Wildman–Crippen LogP) is 13.5. The van der Waals surface area contributed by atoms with Crippen LogP contribution in [-0.2, 0) is 31.5 Å². The summed E-state index contributed by atoms with van der Waals surface area (Å²) in [7, 11) is 8.08. The minimum atomic E-state index is -0.958. The van der Waals surface area contributed by atoms with Gasteiger partial charge in [-0.2, -0.15) is 0 Å². The van der Waals surface area contributed by atoms with Crippen LogP contribution in [0.5, 0.6) is 0 Å². The molecule has 0 saturated carbocycles. The lowest BCUT2D eigenvalue weighted by molar-refractivity contribution is -0.114. The number of carbonyl (C=O) groups excluding carboxylic acids is 2. The molecule has 13 nitrogen and oxygen atoms in total. The Bertz CT molecular complexity index is 3410. The first-order chi connectivity index (χ1) is 42.6. The number of hydrogen-bond donors (Lipinski definition) is 0. The van der Waals surface area contributed by atoms with Crippen molar-refractivity contribution < 1.29 is 42.1 Å². The van der Waals surface area contributed by atoms with Gasteiger partial charge in [0, 0.05) is 87.1 Å². The topological polar surface area (TPSA) is 129 Å². The first-order valence-electron chi connectivity index (χ1n) is 30.3. The molecule has 0 aliphatic carbocycles. The normalized spacial score (nSPS) is 19.3. The molecule has 0 spiro atoms. The van der Waals surface area contributed by atoms with Crippen molar-refractivity contribution in [2.75, 3.05) is 117 Å². The Morgan fingerprint density at radius 3 is 1.11 bits per heavy atom.